The molecule has 0 spiro atoms. The Bertz CT molecular complexity index is 235. The molecule has 2 N–H and O–H groups in total. The van der Waals surface area contributed by atoms with Gasteiger partial charge in [-0.2, -0.15) is 8.42 Å². The van der Waals surface area contributed by atoms with Crippen LogP contribution in [0, 0.1) is 0 Å². The molecule has 0 heterocycles. The third-order valence-corrected chi connectivity index (χ3v) is 3.73. The first kappa shape index (κ1) is 13.9. The molecule has 0 saturated carbocycles. The molecule has 0 fully saturated rings. The maximum Gasteiger partial charge on any atom is 0.270 e. The number of aliphatic hydroxyl groups is 1. The molecular weight excluding hydrogens is 204 g/mol. The van der Waals surface area contributed by atoms with Gasteiger partial charge in [-0.1, -0.05) is 33.1 Å². The summed E-state index contributed by atoms with van der Waals surface area (Å²) in [5, 5.41) is 8.50. The van der Waals surface area contributed by atoms with Gasteiger partial charge in [-0.25, -0.2) is 0 Å². The van der Waals surface area contributed by atoms with Gasteiger partial charge in [-0.3, -0.25) is 4.55 Å². The first-order valence-electron chi connectivity index (χ1n) is 5.07. The Hall–Kier alpha value is -0.130. The quantitative estimate of drug-likeness (QED) is 0.508. The lowest BCUT2D eigenvalue weighted by molar-refractivity contribution is 0.149. The van der Waals surface area contributed by atoms with E-state index in [1.807, 2.05) is 6.92 Å². The van der Waals surface area contributed by atoms with Crippen molar-refractivity contribution in [3.05, 3.63) is 0 Å². The van der Waals surface area contributed by atoms with Crippen LogP contribution < -0.4 is 0 Å². The van der Waals surface area contributed by atoms with Crippen molar-refractivity contribution in [3.8, 4) is 0 Å². The van der Waals surface area contributed by atoms with E-state index in [0.29, 0.717) is 6.42 Å². The molecule has 86 valence electrons. The highest BCUT2D eigenvalue weighted by Crippen LogP contribution is 2.15. The SMILES string of the molecule is CCCCCC(O)C(CC)S(=O)(=O)O. The molecule has 2 atom stereocenters. The lowest BCUT2D eigenvalue weighted by atomic mass is 10.1. The Balaban J connectivity index is 4.12. The van der Waals surface area contributed by atoms with Crippen LogP contribution in [-0.2, 0) is 10.1 Å². The zero-order chi connectivity index (χ0) is 11.2. The van der Waals surface area contributed by atoms with Gasteiger partial charge in [-0.15, -0.1) is 0 Å². The molecule has 5 heteroatoms. The van der Waals surface area contributed by atoms with Gasteiger partial charge in [0.05, 0.1) is 6.10 Å². The Morgan fingerprint density at radius 2 is 1.79 bits per heavy atom. The van der Waals surface area contributed by atoms with Gasteiger partial charge in [0.1, 0.15) is 5.25 Å². The standard InChI is InChI=1S/C9H20O4S/c1-3-5-6-7-8(10)9(4-2)14(11,12)13/h8-10H,3-7H2,1-2H3,(H,11,12,13). The van der Waals surface area contributed by atoms with Gasteiger partial charge in [0, 0.05) is 0 Å². The summed E-state index contributed by atoms with van der Waals surface area (Å²) < 4.78 is 30.5. The zero-order valence-electron chi connectivity index (χ0n) is 8.81. The second kappa shape index (κ2) is 6.37. The van der Waals surface area contributed by atoms with Gasteiger partial charge >= 0.3 is 0 Å². The highest BCUT2D eigenvalue weighted by Gasteiger charge is 2.28. The lowest BCUT2D eigenvalue weighted by Gasteiger charge is -2.18. The minimum atomic E-state index is -4.10. The summed E-state index contributed by atoms with van der Waals surface area (Å²) in [5.74, 6) is 0. The molecular formula is C9H20O4S. The predicted molar refractivity (Wildman–Crippen MR) is 55.8 cm³/mol. The average Bonchev–Trinajstić information content (AvgIpc) is 2.03. The molecule has 14 heavy (non-hydrogen) atoms. The maximum absolute atomic E-state index is 10.8. The molecule has 2 unspecified atom stereocenters. The normalized spacial score (nSPS) is 16.6. The van der Waals surface area contributed by atoms with Crippen LogP contribution >= 0.6 is 0 Å². The van der Waals surface area contributed by atoms with Crippen LogP contribution in [0.2, 0.25) is 0 Å². The molecule has 0 amide bonds. The van der Waals surface area contributed by atoms with Crippen LogP contribution in [-0.4, -0.2) is 29.4 Å². The molecule has 0 aromatic heterocycles. The lowest BCUT2D eigenvalue weighted by Crippen LogP contribution is -2.33. The van der Waals surface area contributed by atoms with Gasteiger partial charge in [0.2, 0.25) is 0 Å². The average molecular weight is 224 g/mol. The first-order chi connectivity index (χ1) is 6.43. The number of rotatable bonds is 7. The van der Waals surface area contributed by atoms with Gasteiger partial charge < -0.3 is 5.11 Å². The van der Waals surface area contributed by atoms with Crippen LogP contribution in [0.5, 0.6) is 0 Å². The predicted octanol–water partition coefficient (Wildman–Crippen LogP) is 1.59. The van der Waals surface area contributed by atoms with Crippen molar-refractivity contribution >= 4 is 10.1 Å². The van der Waals surface area contributed by atoms with E-state index in [0.717, 1.165) is 19.3 Å². The fourth-order valence-corrected chi connectivity index (χ4v) is 2.42. The van der Waals surface area contributed by atoms with Crippen molar-refractivity contribution in [2.45, 2.75) is 57.3 Å². The van der Waals surface area contributed by atoms with Crippen LogP contribution in [0.4, 0.5) is 0 Å². The van der Waals surface area contributed by atoms with E-state index in [1.165, 1.54) is 0 Å². The van der Waals surface area contributed by atoms with E-state index in [1.54, 1.807) is 6.92 Å². The Kier molecular flexibility index (Phi) is 6.31. The van der Waals surface area contributed by atoms with Crippen molar-refractivity contribution in [3.63, 3.8) is 0 Å². The maximum atomic E-state index is 10.8. The van der Waals surface area contributed by atoms with Crippen molar-refractivity contribution in [1.82, 2.24) is 0 Å². The molecule has 0 aliphatic rings. The van der Waals surface area contributed by atoms with E-state index in [4.69, 9.17) is 4.55 Å². The third kappa shape index (κ3) is 4.93. The Morgan fingerprint density at radius 3 is 2.14 bits per heavy atom. The summed E-state index contributed by atoms with van der Waals surface area (Å²) in [6.07, 6.45) is 2.53. The van der Waals surface area contributed by atoms with Gasteiger partial charge in [0.15, 0.2) is 0 Å². The molecule has 0 aromatic carbocycles. The van der Waals surface area contributed by atoms with Crippen molar-refractivity contribution in [2.24, 2.45) is 0 Å². The molecule has 0 aromatic rings. The van der Waals surface area contributed by atoms with Crippen LogP contribution in [0.3, 0.4) is 0 Å². The van der Waals surface area contributed by atoms with Crippen molar-refractivity contribution in [1.29, 1.82) is 0 Å². The van der Waals surface area contributed by atoms with E-state index in [9.17, 15) is 13.5 Å². The summed E-state index contributed by atoms with van der Waals surface area (Å²) in [7, 11) is -4.10. The Labute approximate surface area is 86.1 Å². The first-order valence-corrected chi connectivity index (χ1v) is 6.58. The van der Waals surface area contributed by atoms with Crippen LogP contribution in [0.1, 0.15) is 46.0 Å². The second-order valence-corrected chi connectivity index (χ2v) is 5.16. The molecule has 0 aliphatic heterocycles. The molecule has 0 radical (unpaired) electrons. The van der Waals surface area contributed by atoms with Crippen molar-refractivity contribution in [2.75, 3.05) is 0 Å². The summed E-state index contributed by atoms with van der Waals surface area (Å²) in [6, 6.07) is 0. The summed E-state index contributed by atoms with van der Waals surface area (Å²) in [4.78, 5) is 0. The van der Waals surface area contributed by atoms with E-state index >= 15 is 0 Å². The fourth-order valence-electron chi connectivity index (χ4n) is 1.47. The fraction of sp³-hybridized carbons (Fsp3) is 1.00. The number of unbranched alkanes of at least 4 members (excludes halogenated alkanes) is 2. The third-order valence-electron chi connectivity index (χ3n) is 2.32. The van der Waals surface area contributed by atoms with Crippen molar-refractivity contribution < 1.29 is 18.1 Å². The number of hydrogen-bond acceptors (Lipinski definition) is 3. The summed E-state index contributed by atoms with van der Waals surface area (Å²) in [5.41, 5.74) is 0. The highest BCUT2D eigenvalue weighted by molar-refractivity contribution is 7.86. The summed E-state index contributed by atoms with van der Waals surface area (Å²) in [6.45, 7) is 3.67. The molecule has 0 bridgehead atoms. The largest absolute Gasteiger partial charge is 0.392 e. The van der Waals surface area contributed by atoms with Crippen LogP contribution in [0.25, 0.3) is 0 Å². The van der Waals surface area contributed by atoms with E-state index in [-0.39, 0.29) is 6.42 Å². The van der Waals surface area contributed by atoms with Crippen LogP contribution in [0.15, 0.2) is 0 Å². The van der Waals surface area contributed by atoms with E-state index < -0.39 is 21.5 Å². The number of aliphatic hydroxyl groups excluding tert-OH is 1. The monoisotopic (exact) mass is 224 g/mol. The minimum Gasteiger partial charge on any atom is -0.392 e. The molecule has 4 nitrogen and oxygen atoms in total. The molecule has 0 saturated heterocycles. The second-order valence-electron chi connectivity index (χ2n) is 3.52. The smallest absolute Gasteiger partial charge is 0.270 e. The summed E-state index contributed by atoms with van der Waals surface area (Å²) >= 11 is 0. The zero-order valence-corrected chi connectivity index (χ0v) is 9.63. The molecule has 0 rings (SSSR count). The minimum absolute atomic E-state index is 0.242. The molecule has 0 aliphatic carbocycles. The highest BCUT2D eigenvalue weighted by atomic mass is 32.2. The van der Waals surface area contributed by atoms with Gasteiger partial charge in [-0.05, 0) is 12.8 Å². The Morgan fingerprint density at radius 1 is 1.21 bits per heavy atom. The topological polar surface area (TPSA) is 74.6 Å². The number of hydrogen-bond donors (Lipinski definition) is 2. The van der Waals surface area contributed by atoms with E-state index in [2.05, 4.69) is 0 Å². The van der Waals surface area contributed by atoms with Gasteiger partial charge in [0.25, 0.3) is 10.1 Å².